The maximum Gasteiger partial charge on any atom is 0.112 e. The number of imidazole rings is 1. The van der Waals surface area contributed by atoms with Gasteiger partial charge in [0.1, 0.15) is 5.82 Å². The van der Waals surface area contributed by atoms with Crippen LogP contribution in [0.4, 0.5) is 0 Å². The molecule has 1 N–H and O–H groups in total. The first-order valence-corrected chi connectivity index (χ1v) is 5.87. The quantitative estimate of drug-likeness (QED) is 0.796. The molecule has 1 fully saturated rings. The molecule has 1 aromatic carbocycles. The fourth-order valence-electron chi connectivity index (χ4n) is 2.29. The molecule has 0 spiro atoms. The highest BCUT2D eigenvalue weighted by Gasteiger charge is 2.19. The lowest BCUT2D eigenvalue weighted by molar-refractivity contribution is 0.0784. The summed E-state index contributed by atoms with van der Waals surface area (Å²) < 4.78 is 5.50. The molecule has 3 rings (SSSR count). The van der Waals surface area contributed by atoms with E-state index < -0.39 is 0 Å². The van der Waals surface area contributed by atoms with Crippen LogP contribution in [0.25, 0.3) is 11.0 Å². The minimum absolute atomic E-state index is 0.446. The summed E-state index contributed by atoms with van der Waals surface area (Å²) in [6, 6.07) is 6.33. The van der Waals surface area contributed by atoms with E-state index in [0.717, 1.165) is 36.5 Å². The Balaban J connectivity index is 1.97. The van der Waals surface area contributed by atoms with E-state index in [2.05, 4.69) is 35.1 Å². The van der Waals surface area contributed by atoms with Crippen LogP contribution < -0.4 is 0 Å². The fraction of sp³-hybridized carbons (Fsp3) is 0.462. The Morgan fingerprint density at radius 2 is 2.38 bits per heavy atom. The Morgan fingerprint density at radius 1 is 1.44 bits per heavy atom. The van der Waals surface area contributed by atoms with Crippen molar-refractivity contribution in [3.05, 3.63) is 29.6 Å². The lowest BCUT2D eigenvalue weighted by Crippen LogP contribution is -2.16. The highest BCUT2D eigenvalue weighted by atomic mass is 16.5. The van der Waals surface area contributed by atoms with E-state index in [4.69, 9.17) is 4.74 Å². The van der Waals surface area contributed by atoms with Gasteiger partial charge in [-0.3, -0.25) is 0 Å². The van der Waals surface area contributed by atoms with E-state index in [9.17, 15) is 0 Å². The van der Waals surface area contributed by atoms with Crippen LogP contribution in [0.1, 0.15) is 30.1 Å². The lowest BCUT2D eigenvalue weighted by atomic mass is 10.0. The Hall–Kier alpha value is -1.35. The zero-order chi connectivity index (χ0) is 11.0. The van der Waals surface area contributed by atoms with Crippen LogP contribution in [0.2, 0.25) is 0 Å². The van der Waals surface area contributed by atoms with Crippen LogP contribution in [-0.2, 0) is 4.74 Å². The molecule has 2 aromatic rings. The molecule has 0 radical (unpaired) electrons. The van der Waals surface area contributed by atoms with Crippen LogP contribution in [0, 0.1) is 6.92 Å². The number of nitrogens with zero attached hydrogens (tertiary/aromatic N) is 1. The van der Waals surface area contributed by atoms with Gasteiger partial charge in [-0.2, -0.15) is 0 Å². The third-order valence-electron chi connectivity index (χ3n) is 3.20. The molecule has 1 unspecified atom stereocenters. The highest BCUT2D eigenvalue weighted by molar-refractivity contribution is 5.75. The summed E-state index contributed by atoms with van der Waals surface area (Å²) in [5.74, 6) is 1.53. The summed E-state index contributed by atoms with van der Waals surface area (Å²) in [5, 5.41) is 0. The van der Waals surface area contributed by atoms with Crippen molar-refractivity contribution in [1.29, 1.82) is 0 Å². The average molecular weight is 216 g/mol. The van der Waals surface area contributed by atoms with Crippen LogP contribution in [0.3, 0.4) is 0 Å². The number of H-pyrrole nitrogens is 1. The van der Waals surface area contributed by atoms with Gasteiger partial charge in [-0.1, -0.05) is 6.07 Å². The zero-order valence-corrected chi connectivity index (χ0v) is 9.49. The molecule has 1 saturated heterocycles. The molecule has 1 atom stereocenters. The van der Waals surface area contributed by atoms with Crippen molar-refractivity contribution < 1.29 is 4.74 Å². The first-order valence-electron chi connectivity index (χ1n) is 5.87. The van der Waals surface area contributed by atoms with Gasteiger partial charge in [0, 0.05) is 12.5 Å². The molecule has 1 aliphatic rings. The molecule has 0 saturated carbocycles. The van der Waals surface area contributed by atoms with E-state index in [1.54, 1.807) is 0 Å². The molecule has 2 heterocycles. The first-order chi connectivity index (χ1) is 7.83. The highest BCUT2D eigenvalue weighted by Crippen LogP contribution is 2.25. The fourth-order valence-corrected chi connectivity index (χ4v) is 2.29. The maximum absolute atomic E-state index is 5.50. The van der Waals surface area contributed by atoms with Crippen molar-refractivity contribution >= 4 is 11.0 Å². The van der Waals surface area contributed by atoms with Gasteiger partial charge in [-0.05, 0) is 37.5 Å². The molecular weight excluding hydrogens is 200 g/mol. The smallest absolute Gasteiger partial charge is 0.112 e. The number of rotatable bonds is 1. The lowest BCUT2D eigenvalue weighted by Gasteiger charge is -2.19. The van der Waals surface area contributed by atoms with E-state index >= 15 is 0 Å². The van der Waals surface area contributed by atoms with Crippen molar-refractivity contribution in [3.63, 3.8) is 0 Å². The Labute approximate surface area is 94.8 Å². The SMILES string of the molecule is Cc1ccc2nc(C3CCCOC3)[nH]c2c1. The molecule has 0 bridgehead atoms. The average Bonchev–Trinajstić information content (AvgIpc) is 2.73. The number of fused-ring (bicyclic) bond motifs is 1. The summed E-state index contributed by atoms with van der Waals surface area (Å²) in [6.45, 7) is 3.80. The minimum Gasteiger partial charge on any atom is -0.381 e. The third kappa shape index (κ3) is 1.71. The Kier molecular flexibility index (Phi) is 2.40. The van der Waals surface area contributed by atoms with Crippen molar-refractivity contribution in [2.24, 2.45) is 0 Å². The number of aromatic amines is 1. The van der Waals surface area contributed by atoms with Gasteiger partial charge in [0.05, 0.1) is 17.6 Å². The number of aromatic nitrogens is 2. The predicted molar refractivity (Wildman–Crippen MR) is 63.6 cm³/mol. The number of ether oxygens (including phenoxy) is 1. The second kappa shape index (κ2) is 3.91. The van der Waals surface area contributed by atoms with E-state index in [1.807, 2.05) is 0 Å². The summed E-state index contributed by atoms with van der Waals surface area (Å²) in [6.07, 6.45) is 2.32. The summed E-state index contributed by atoms with van der Waals surface area (Å²) in [4.78, 5) is 8.06. The van der Waals surface area contributed by atoms with Crippen molar-refractivity contribution in [1.82, 2.24) is 9.97 Å². The second-order valence-corrected chi connectivity index (χ2v) is 4.56. The number of benzene rings is 1. The number of nitrogens with one attached hydrogen (secondary N) is 1. The van der Waals surface area contributed by atoms with Crippen LogP contribution >= 0.6 is 0 Å². The molecular formula is C13H16N2O. The Bertz CT molecular complexity index is 498. The molecule has 0 aliphatic carbocycles. The first kappa shape index (κ1) is 9.85. The van der Waals surface area contributed by atoms with Crippen molar-refractivity contribution in [2.75, 3.05) is 13.2 Å². The third-order valence-corrected chi connectivity index (χ3v) is 3.20. The molecule has 1 aromatic heterocycles. The van der Waals surface area contributed by atoms with Crippen LogP contribution in [0.15, 0.2) is 18.2 Å². The minimum atomic E-state index is 0.446. The van der Waals surface area contributed by atoms with Gasteiger partial charge >= 0.3 is 0 Å². The molecule has 1 aliphatic heterocycles. The summed E-state index contributed by atoms with van der Waals surface area (Å²) in [7, 11) is 0. The number of hydrogen-bond donors (Lipinski definition) is 1. The van der Waals surface area contributed by atoms with Crippen LogP contribution in [0.5, 0.6) is 0 Å². The molecule has 84 valence electrons. The zero-order valence-electron chi connectivity index (χ0n) is 9.49. The molecule has 16 heavy (non-hydrogen) atoms. The largest absolute Gasteiger partial charge is 0.381 e. The van der Waals surface area contributed by atoms with Gasteiger partial charge < -0.3 is 9.72 Å². The van der Waals surface area contributed by atoms with Gasteiger partial charge in [0.15, 0.2) is 0 Å². The summed E-state index contributed by atoms with van der Waals surface area (Å²) >= 11 is 0. The van der Waals surface area contributed by atoms with Crippen molar-refractivity contribution in [2.45, 2.75) is 25.7 Å². The van der Waals surface area contributed by atoms with Crippen molar-refractivity contribution in [3.8, 4) is 0 Å². The van der Waals surface area contributed by atoms with Gasteiger partial charge in [-0.25, -0.2) is 4.98 Å². The Morgan fingerprint density at radius 3 is 3.19 bits per heavy atom. The topological polar surface area (TPSA) is 37.9 Å². The monoisotopic (exact) mass is 216 g/mol. The maximum atomic E-state index is 5.50. The predicted octanol–water partition coefficient (Wildman–Crippen LogP) is 2.77. The second-order valence-electron chi connectivity index (χ2n) is 4.56. The van der Waals surface area contributed by atoms with Gasteiger partial charge in [-0.15, -0.1) is 0 Å². The normalized spacial score (nSPS) is 21.4. The van der Waals surface area contributed by atoms with Gasteiger partial charge in [0.2, 0.25) is 0 Å². The molecule has 3 nitrogen and oxygen atoms in total. The number of hydrogen-bond acceptors (Lipinski definition) is 2. The molecule has 3 heteroatoms. The van der Waals surface area contributed by atoms with Crippen LogP contribution in [-0.4, -0.2) is 23.2 Å². The number of aryl methyl sites for hydroxylation is 1. The summed E-state index contributed by atoms with van der Waals surface area (Å²) in [5.41, 5.74) is 3.47. The standard InChI is InChI=1S/C13H16N2O/c1-9-4-5-11-12(7-9)15-13(14-11)10-3-2-6-16-8-10/h4-5,7,10H,2-3,6,8H2,1H3,(H,14,15). The molecule has 0 amide bonds. The van der Waals surface area contributed by atoms with E-state index in [0.29, 0.717) is 5.92 Å². The van der Waals surface area contributed by atoms with E-state index in [1.165, 1.54) is 12.0 Å². The van der Waals surface area contributed by atoms with Gasteiger partial charge in [0.25, 0.3) is 0 Å². The van der Waals surface area contributed by atoms with E-state index in [-0.39, 0.29) is 0 Å².